The molecule has 0 radical (unpaired) electrons. The number of benzene rings is 2. The van der Waals surface area contributed by atoms with Crippen LogP contribution in [0.3, 0.4) is 0 Å². The van der Waals surface area contributed by atoms with Gasteiger partial charge in [-0.25, -0.2) is 0 Å². The van der Waals surface area contributed by atoms with Gasteiger partial charge in [0.2, 0.25) is 0 Å². The van der Waals surface area contributed by atoms with Crippen molar-refractivity contribution in [2.75, 3.05) is 0 Å². The highest BCUT2D eigenvalue weighted by Gasteiger charge is 2.51. The van der Waals surface area contributed by atoms with Gasteiger partial charge in [-0.05, 0) is 36.3 Å². The average Bonchev–Trinajstić information content (AvgIpc) is 3.07. The molecule has 2 aliphatic heterocycles. The maximum atomic E-state index is 12.4. The molecule has 2 aliphatic rings. The van der Waals surface area contributed by atoms with E-state index in [2.05, 4.69) is 73.3 Å². The van der Waals surface area contributed by atoms with Crippen molar-refractivity contribution >= 4 is 11.5 Å². The van der Waals surface area contributed by atoms with Crippen LogP contribution in [-0.2, 0) is 4.79 Å². The van der Waals surface area contributed by atoms with Crippen molar-refractivity contribution in [2.24, 2.45) is 5.41 Å². The predicted molar refractivity (Wildman–Crippen MR) is 102 cm³/mol. The minimum absolute atomic E-state index is 0.175. The molecular formula is C23H25NO. The van der Waals surface area contributed by atoms with Gasteiger partial charge in [0, 0.05) is 11.6 Å². The van der Waals surface area contributed by atoms with Crippen LogP contribution in [0.15, 0.2) is 66.2 Å². The highest BCUT2D eigenvalue weighted by Crippen LogP contribution is 2.57. The van der Waals surface area contributed by atoms with Crippen LogP contribution in [0.25, 0.3) is 5.70 Å². The minimum atomic E-state index is 0.175. The first kappa shape index (κ1) is 16.1. The van der Waals surface area contributed by atoms with E-state index < -0.39 is 0 Å². The fourth-order valence-electron chi connectivity index (χ4n) is 4.85. The molecule has 0 aromatic heterocycles. The van der Waals surface area contributed by atoms with Crippen molar-refractivity contribution in [3.05, 3.63) is 77.4 Å². The molecule has 2 aromatic carbocycles. The second-order valence-corrected chi connectivity index (χ2v) is 8.02. The van der Waals surface area contributed by atoms with Crippen molar-refractivity contribution < 1.29 is 4.79 Å². The zero-order valence-electron chi connectivity index (χ0n) is 15.2. The smallest absolute Gasteiger partial charge is 0.157 e. The summed E-state index contributed by atoms with van der Waals surface area (Å²) in [5.74, 6) is 0.206. The predicted octanol–water partition coefficient (Wildman–Crippen LogP) is 5.23. The molecular weight excluding hydrogens is 306 g/mol. The largest absolute Gasteiger partial charge is 0.360 e. The van der Waals surface area contributed by atoms with Crippen molar-refractivity contribution in [3.8, 4) is 0 Å². The normalized spacial score (nSPS) is 24.5. The van der Waals surface area contributed by atoms with Crippen LogP contribution in [-0.4, -0.2) is 16.7 Å². The number of fused-ring (bicyclic) bond motifs is 1. The fourth-order valence-corrected chi connectivity index (χ4v) is 4.85. The summed E-state index contributed by atoms with van der Waals surface area (Å²) in [5.41, 5.74) is 4.82. The molecule has 2 nitrogen and oxygen atoms in total. The van der Waals surface area contributed by atoms with E-state index in [1.54, 1.807) is 6.92 Å². The fraction of sp³-hybridized carbons (Fsp3) is 0.348. The summed E-state index contributed by atoms with van der Waals surface area (Å²) in [5, 5.41) is 0. The van der Waals surface area contributed by atoms with Gasteiger partial charge in [-0.1, -0.05) is 74.5 Å². The van der Waals surface area contributed by atoms with Crippen LogP contribution in [0.1, 0.15) is 50.8 Å². The molecule has 1 fully saturated rings. The molecule has 0 spiro atoms. The van der Waals surface area contributed by atoms with E-state index in [4.69, 9.17) is 0 Å². The molecule has 0 aliphatic carbocycles. The average molecular weight is 331 g/mol. The van der Waals surface area contributed by atoms with Crippen molar-refractivity contribution in [1.82, 2.24) is 4.90 Å². The summed E-state index contributed by atoms with van der Waals surface area (Å²) in [7, 11) is 0. The highest BCUT2D eigenvalue weighted by molar-refractivity contribution is 6.02. The number of rotatable bonds is 3. The minimum Gasteiger partial charge on any atom is -0.360 e. The Morgan fingerprint density at radius 1 is 1.00 bits per heavy atom. The Balaban J connectivity index is 1.88. The van der Waals surface area contributed by atoms with Gasteiger partial charge >= 0.3 is 0 Å². The molecule has 2 aromatic rings. The maximum Gasteiger partial charge on any atom is 0.157 e. The van der Waals surface area contributed by atoms with Crippen molar-refractivity contribution in [1.29, 1.82) is 0 Å². The Morgan fingerprint density at radius 2 is 1.60 bits per heavy atom. The molecule has 25 heavy (non-hydrogen) atoms. The summed E-state index contributed by atoms with van der Waals surface area (Å²) in [6.45, 7) is 6.43. The summed E-state index contributed by atoms with van der Waals surface area (Å²) in [6.07, 6.45) is 1.98. The maximum absolute atomic E-state index is 12.4. The van der Waals surface area contributed by atoms with Gasteiger partial charge in [0.25, 0.3) is 0 Å². The van der Waals surface area contributed by atoms with Gasteiger partial charge in [0.05, 0.1) is 11.7 Å². The van der Waals surface area contributed by atoms with Crippen LogP contribution < -0.4 is 0 Å². The van der Waals surface area contributed by atoms with Gasteiger partial charge in [0.15, 0.2) is 5.78 Å². The molecule has 2 atom stereocenters. The molecule has 0 unspecified atom stereocenters. The molecule has 1 saturated heterocycles. The van der Waals surface area contributed by atoms with Crippen LogP contribution in [0.4, 0.5) is 0 Å². The number of hydrogen-bond acceptors (Lipinski definition) is 2. The second kappa shape index (κ2) is 5.87. The van der Waals surface area contributed by atoms with E-state index >= 15 is 0 Å². The first-order chi connectivity index (χ1) is 12.0. The number of hydrogen-bond donors (Lipinski definition) is 0. The lowest BCUT2D eigenvalue weighted by Crippen LogP contribution is -2.29. The van der Waals surface area contributed by atoms with Gasteiger partial charge in [-0.2, -0.15) is 0 Å². The van der Waals surface area contributed by atoms with Crippen LogP contribution in [0.5, 0.6) is 0 Å². The van der Waals surface area contributed by atoms with Crippen LogP contribution in [0.2, 0.25) is 0 Å². The third-order valence-electron chi connectivity index (χ3n) is 5.74. The molecule has 2 heterocycles. The van der Waals surface area contributed by atoms with E-state index in [0.29, 0.717) is 12.1 Å². The molecule has 2 heteroatoms. The Bertz CT molecular complexity index is 820. The van der Waals surface area contributed by atoms with Crippen LogP contribution >= 0.6 is 0 Å². The summed E-state index contributed by atoms with van der Waals surface area (Å²) < 4.78 is 0. The van der Waals surface area contributed by atoms with Crippen LogP contribution in [0, 0.1) is 5.41 Å². The van der Waals surface area contributed by atoms with E-state index in [0.717, 1.165) is 29.7 Å². The summed E-state index contributed by atoms with van der Waals surface area (Å²) in [4.78, 5) is 14.9. The number of carbonyl (C=O) groups excluding carboxylic acids is 1. The number of carbonyl (C=O) groups is 1. The second-order valence-electron chi connectivity index (χ2n) is 8.02. The number of nitrogens with zero attached hydrogens (tertiary/aromatic N) is 1. The SMILES string of the molecule is CC(=O)C1=C(c2ccccc2)N2[C@H](C1)CC(C)(C)[C@H]2c1ccccc1. The lowest BCUT2D eigenvalue weighted by atomic mass is 9.79. The lowest BCUT2D eigenvalue weighted by Gasteiger charge is -2.36. The quantitative estimate of drug-likeness (QED) is 0.767. The zero-order chi connectivity index (χ0) is 17.6. The van der Waals surface area contributed by atoms with Gasteiger partial charge in [0.1, 0.15) is 0 Å². The highest BCUT2D eigenvalue weighted by atomic mass is 16.1. The summed E-state index contributed by atoms with van der Waals surface area (Å²) in [6, 6.07) is 21.9. The van der Waals surface area contributed by atoms with E-state index in [9.17, 15) is 4.79 Å². The Labute approximate surface area is 150 Å². The standard InChI is InChI=1S/C23H25NO/c1-16(25)20-14-19-15-23(2,3)22(18-12-8-5-9-13-18)24(19)21(20)17-10-6-4-7-11-17/h4-13,19,22H,14-15H2,1-3H3/t19-,22-/m1/s1. The monoisotopic (exact) mass is 331 g/mol. The molecule has 0 bridgehead atoms. The number of ketones is 1. The Morgan fingerprint density at radius 3 is 2.20 bits per heavy atom. The molecule has 0 amide bonds. The Kier molecular flexibility index (Phi) is 3.79. The van der Waals surface area contributed by atoms with E-state index in [1.165, 1.54) is 5.56 Å². The third-order valence-corrected chi connectivity index (χ3v) is 5.74. The van der Waals surface area contributed by atoms with E-state index in [-0.39, 0.29) is 11.2 Å². The van der Waals surface area contributed by atoms with Crippen molar-refractivity contribution in [2.45, 2.75) is 45.7 Å². The first-order valence-electron chi connectivity index (χ1n) is 9.12. The topological polar surface area (TPSA) is 20.3 Å². The summed E-state index contributed by atoms with van der Waals surface area (Å²) >= 11 is 0. The van der Waals surface area contributed by atoms with Gasteiger partial charge in [-0.15, -0.1) is 0 Å². The first-order valence-corrected chi connectivity index (χ1v) is 9.12. The van der Waals surface area contributed by atoms with Crippen molar-refractivity contribution in [3.63, 3.8) is 0 Å². The molecule has 4 rings (SSSR count). The molecule has 128 valence electrons. The third kappa shape index (κ3) is 2.60. The van der Waals surface area contributed by atoms with Gasteiger partial charge < -0.3 is 4.90 Å². The van der Waals surface area contributed by atoms with E-state index in [1.807, 2.05) is 6.07 Å². The molecule has 0 saturated carbocycles. The Hall–Kier alpha value is -2.35. The number of Topliss-reactive ketones (excluding diaryl/α,β-unsaturated/α-hetero) is 1. The zero-order valence-corrected chi connectivity index (χ0v) is 15.2. The lowest BCUT2D eigenvalue weighted by molar-refractivity contribution is -0.113. The van der Waals surface area contributed by atoms with Gasteiger partial charge in [-0.3, -0.25) is 4.79 Å². The molecule has 0 N–H and O–H groups in total.